The summed E-state index contributed by atoms with van der Waals surface area (Å²) in [6.07, 6.45) is 2.04. The normalized spacial score (nSPS) is 18.9. The zero-order valence-corrected chi connectivity index (χ0v) is 11.9. The maximum Gasteiger partial charge on any atom is 0.237 e. The Balaban J connectivity index is 1.88. The summed E-state index contributed by atoms with van der Waals surface area (Å²) >= 11 is 0. The number of amidine groups is 1. The van der Waals surface area contributed by atoms with E-state index in [9.17, 15) is 4.79 Å². The SMILES string of the molecule is CCN1CCC[C@H]1C(=O)NCc1ccc(C(=N)N)cc1. The zero-order chi connectivity index (χ0) is 14.5. The van der Waals surface area contributed by atoms with Gasteiger partial charge < -0.3 is 11.1 Å². The molecular formula is C15H22N4O. The molecule has 1 saturated heterocycles. The van der Waals surface area contributed by atoms with Gasteiger partial charge >= 0.3 is 0 Å². The summed E-state index contributed by atoms with van der Waals surface area (Å²) in [4.78, 5) is 14.4. The van der Waals surface area contributed by atoms with Crippen LogP contribution in [-0.4, -0.2) is 35.8 Å². The van der Waals surface area contributed by atoms with Crippen molar-refractivity contribution in [1.29, 1.82) is 5.41 Å². The van der Waals surface area contributed by atoms with Crippen molar-refractivity contribution in [1.82, 2.24) is 10.2 Å². The van der Waals surface area contributed by atoms with Gasteiger partial charge in [0.05, 0.1) is 6.04 Å². The first kappa shape index (κ1) is 14.5. The lowest BCUT2D eigenvalue weighted by Crippen LogP contribution is -2.42. The summed E-state index contributed by atoms with van der Waals surface area (Å²) in [5.74, 6) is 0.171. The first-order valence-corrected chi connectivity index (χ1v) is 7.07. The number of nitrogens with one attached hydrogen (secondary N) is 2. The summed E-state index contributed by atoms with van der Waals surface area (Å²) in [5, 5.41) is 10.3. The Kier molecular flexibility index (Phi) is 4.74. The fourth-order valence-corrected chi connectivity index (χ4v) is 2.61. The summed E-state index contributed by atoms with van der Waals surface area (Å²) in [5.41, 5.74) is 7.13. The minimum absolute atomic E-state index is 0.0245. The monoisotopic (exact) mass is 274 g/mol. The lowest BCUT2D eigenvalue weighted by Gasteiger charge is -2.21. The largest absolute Gasteiger partial charge is 0.384 e. The average Bonchev–Trinajstić information content (AvgIpc) is 2.93. The van der Waals surface area contributed by atoms with Crippen molar-refractivity contribution in [3.8, 4) is 0 Å². The summed E-state index contributed by atoms with van der Waals surface area (Å²) < 4.78 is 0. The highest BCUT2D eigenvalue weighted by Crippen LogP contribution is 2.16. The molecule has 4 N–H and O–H groups in total. The van der Waals surface area contributed by atoms with Crippen LogP contribution >= 0.6 is 0 Å². The van der Waals surface area contributed by atoms with Gasteiger partial charge in [0.1, 0.15) is 5.84 Å². The number of hydrogen-bond donors (Lipinski definition) is 3. The Morgan fingerprint density at radius 3 is 2.75 bits per heavy atom. The van der Waals surface area contributed by atoms with Gasteiger partial charge in [0.2, 0.25) is 5.91 Å². The predicted octanol–water partition coefficient (Wildman–Crippen LogP) is 1.07. The third-order valence-electron chi connectivity index (χ3n) is 3.80. The zero-order valence-electron chi connectivity index (χ0n) is 11.9. The highest BCUT2D eigenvalue weighted by atomic mass is 16.2. The summed E-state index contributed by atoms with van der Waals surface area (Å²) in [6.45, 7) is 4.55. The molecular weight excluding hydrogens is 252 g/mol. The molecule has 1 aromatic carbocycles. The van der Waals surface area contributed by atoms with Crippen molar-refractivity contribution in [2.24, 2.45) is 5.73 Å². The molecule has 1 amide bonds. The van der Waals surface area contributed by atoms with Crippen molar-refractivity contribution >= 4 is 11.7 Å². The third-order valence-corrected chi connectivity index (χ3v) is 3.80. The molecule has 1 fully saturated rings. The Morgan fingerprint density at radius 2 is 2.15 bits per heavy atom. The molecule has 108 valence electrons. The first-order chi connectivity index (χ1) is 9.61. The number of benzene rings is 1. The maximum atomic E-state index is 12.2. The molecule has 0 radical (unpaired) electrons. The second-order valence-electron chi connectivity index (χ2n) is 5.12. The maximum absolute atomic E-state index is 12.2. The molecule has 1 atom stereocenters. The van der Waals surface area contributed by atoms with Gasteiger partial charge in [-0.15, -0.1) is 0 Å². The molecule has 5 heteroatoms. The standard InChI is InChI=1S/C15H22N4O/c1-2-19-9-3-4-13(19)15(20)18-10-11-5-7-12(8-6-11)14(16)17/h5-8,13H,2-4,9-10H2,1H3,(H3,16,17)(H,18,20)/t13-/m0/s1. The van der Waals surface area contributed by atoms with Crippen LogP contribution in [0.25, 0.3) is 0 Å². The van der Waals surface area contributed by atoms with E-state index in [-0.39, 0.29) is 17.8 Å². The molecule has 0 bridgehead atoms. The van der Waals surface area contributed by atoms with Crippen molar-refractivity contribution < 1.29 is 4.79 Å². The van der Waals surface area contributed by atoms with Gasteiger partial charge in [0.15, 0.2) is 0 Å². The molecule has 2 rings (SSSR count). The third kappa shape index (κ3) is 3.36. The summed E-state index contributed by atoms with van der Waals surface area (Å²) in [7, 11) is 0. The number of likely N-dealkylation sites (N-methyl/N-ethyl adjacent to an activating group) is 1. The fraction of sp³-hybridized carbons (Fsp3) is 0.467. The Morgan fingerprint density at radius 1 is 1.45 bits per heavy atom. The van der Waals surface area contributed by atoms with E-state index in [1.54, 1.807) is 12.1 Å². The number of rotatable bonds is 5. The van der Waals surface area contributed by atoms with Crippen LogP contribution < -0.4 is 11.1 Å². The van der Waals surface area contributed by atoms with Gasteiger partial charge in [0.25, 0.3) is 0 Å². The second kappa shape index (κ2) is 6.52. The molecule has 1 heterocycles. The number of hydrogen-bond acceptors (Lipinski definition) is 3. The number of nitrogens with zero attached hydrogens (tertiary/aromatic N) is 1. The van der Waals surface area contributed by atoms with E-state index >= 15 is 0 Å². The van der Waals surface area contributed by atoms with Gasteiger partial charge in [-0.05, 0) is 31.5 Å². The molecule has 0 saturated carbocycles. The lowest BCUT2D eigenvalue weighted by molar-refractivity contribution is -0.125. The van der Waals surface area contributed by atoms with Crippen molar-refractivity contribution in [3.05, 3.63) is 35.4 Å². The number of nitrogens with two attached hydrogens (primary N) is 1. The van der Waals surface area contributed by atoms with E-state index in [1.165, 1.54) is 0 Å². The highest BCUT2D eigenvalue weighted by Gasteiger charge is 2.28. The number of carbonyl (C=O) groups excluding carboxylic acids is 1. The number of likely N-dealkylation sites (tertiary alicyclic amines) is 1. The van der Waals surface area contributed by atoms with E-state index in [1.807, 2.05) is 12.1 Å². The minimum Gasteiger partial charge on any atom is -0.384 e. The average molecular weight is 274 g/mol. The van der Waals surface area contributed by atoms with Gasteiger partial charge in [-0.2, -0.15) is 0 Å². The molecule has 0 spiro atoms. The lowest BCUT2D eigenvalue weighted by atomic mass is 10.1. The van der Waals surface area contributed by atoms with Gasteiger partial charge in [-0.1, -0.05) is 31.2 Å². The van der Waals surface area contributed by atoms with Gasteiger partial charge in [0, 0.05) is 12.1 Å². The van der Waals surface area contributed by atoms with Crippen LogP contribution in [0.1, 0.15) is 30.9 Å². The molecule has 0 aliphatic carbocycles. The van der Waals surface area contributed by atoms with Crippen LogP contribution in [0.3, 0.4) is 0 Å². The van der Waals surface area contributed by atoms with Crippen LogP contribution in [0.4, 0.5) is 0 Å². The van der Waals surface area contributed by atoms with Crippen LogP contribution in [0.2, 0.25) is 0 Å². The van der Waals surface area contributed by atoms with Crippen molar-refractivity contribution in [3.63, 3.8) is 0 Å². The predicted molar refractivity (Wildman–Crippen MR) is 79.6 cm³/mol. The number of carbonyl (C=O) groups is 1. The number of nitrogen functional groups attached to an aromatic ring is 1. The molecule has 0 unspecified atom stereocenters. The minimum atomic E-state index is 0.0245. The molecule has 0 aromatic heterocycles. The number of amides is 1. The van der Waals surface area contributed by atoms with Crippen LogP contribution in [0.5, 0.6) is 0 Å². The van der Waals surface area contributed by atoms with Crippen LogP contribution in [-0.2, 0) is 11.3 Å². The molecule has 20 heavy (non-hydrogen) atoms. The fourth-order valence-electron chi connectivity index (χ4n) is 2.61. The quantitative estimate of drug-likeness (QED) is 0.555. The van der Waals surface area contributed by atoms with E-state index in [2.05, 4.69) is 17.1 Å². The van der Waals surface area contributed by atoms with E-state index in [0.717, 1.165) is 31.5 Å². The smallest absolute Gasteiger partial charge is 0.237 e. The Bertz CT molecular complexity index is 483. The van der Waals surface area contributed by atoms with Crippen LogP contribution in [0.15, 0.2) is 24.3 Å². The Labute approximate surface area is 119 Å². The van der Waals surface area contributed by atoms with Crippen molar-refractivity contribution in [2.75, 3.05) is 13.1 Å². The molecule has 1 aliphatic heterocycles. The van der Waals surface area contributed by atoms with E-state index < -0.39 is 0 Å². The van der Waals surface area contributed by atoms with E-state index in [4.69, 9.17) is 11.1 Å². The highest BCUT2D eigenvalue weighted by molar-refractivity contribution is 5.94. The van der Waals surface area contributed by atoms with Gasteiger partial charge in [-0.25, -0.2) is 0 Å². The molecule has 5 nitrogen and oxygen atoms in total. The molecule has 1 aliphatic rings. The Hall–Kier alpha value is -1.88. The van der Waals surface area contributed by atoms with Crippen LogP contribution in [0, 0.1) is 5.41 Å². The second-order valence-corrected chi connectivity index (χ2v) is 5.12. The summed E-state index contributed by atoms with van der Waals surface area (Å²) in [6, 6.07) is 7.42. The topological polar surface area (TPSA) is 82.2 Å². The first-order valence-electron chi connectivity index (χ1n) is 7.07. The van der Waals surface area contributed by atoms with E-state index in [0.29, 0.717) is 12.1 Å². The van der Waals surface area contributed by atoms with Crippen molar-refractivity contribution in [2.45, 2.75) is 32.4 Å². The van der Waals surface area contributed by atoms with Gasteiger partial charge in [-0.3, -0.25) is 15.1 Å². The molecule has 1 aromatic rings.